The number of amides is 1. The van der Waals surface area contributed by atoms with E-state index in [1.54, 1.807) is 38.1 Å². The molecule has 1 N–H and O–H groups in total. The number of carbonyl (C=O) groups is 2. The molecule has 3 aromatic rings. The molecule has 9 heteroatoms. The zero-order chi connectivity index (χ0) is 21.0. The van der Waals surface area contributed by atoms with Crippen LogP contribution >= 0.6 is 0 Å². The molecule has 0 aliphatic heterocycles. The van der Waals surface area contributed by atoms with Crippen molar-refractivity contribution < 1.29 is 18.7 Å². The molecule has 1 atom stereocenters. The summed E-state index contributed by atoms with van der Waals surface area (Å²) in [5.41, 5.74) is 0.202. The Hall–Kier alpha value is -3.62. The zero-order valence-corrected chi connectivity index (χ0v) is 15.8. The molecule has 0 bridgehead atoms. The molecule has 0 spiro atoms. The standard InChI is InChI=1S/C20H19FN4O4/c1-12(2)17(22-18(26)13-7-9-14(21)10-8-13)20(28)29-11-25-19(27)15-5-3-4-6-16(15)23-24-25/h3-10,12,17H,11H2,1-2H3,(H,22,26)/t17-/m1/s1. The second-order valence-corrected chi connectivity index (χ2v) is 6.71. The van der Waals surface area contributed by atoms with Crippen LogP contribution in [0.15, 0.2) is 53.3 Å². The fourth-order valence-electron chi connectivity index (χ4n) is 2.65. The largest absolute Gasteiger partial charge is 0.441 e. The normalized spacial score (nSPS) is 12.0. The van der Waals surface area contributed by atoms with Gasteiger partial charge in [-0.3, -0.25) is 9.59 Å². The molecule has 0 saturated carbocycles. The van der Waals surface area contributed by atoms with Gasteiger partial charge in [-0.05, 0) is 42.3 Å². The molecule has 0 saturated heterocycles. The quantitative estimate of drug-likeness (QED) is 0.636. The summed E-state index contributed by atoms with van der Waals surface area (Å²) in [5.74, 6) is -2.02. The summed E-state index contributed by atoms with van der Waals surface area (Å²) in [6.45, 7) is 3.03. The third-order valence-electron chi connectivity index (χ3n) is 4.27. The Balaban J connectivity index is 1.70. The van der Waals surface area contributed by atoms with Crippen molar-refractivity contribution in [3.63, 3.8) is 0 Å². The minimum atomic E-state index is -0.961. The molecule has 0 aliphatic rings. The maximum atomic E-state index is 13.0. The lowest BCUT2D eigenvalue weighted by molar-refractivity contribution is -0.151. The number of hydrogen-bond acceptors (Lipinski definition) is 6. The molecule has 150 valence electrons. The molecular formula is C20H19FN4O4. The van der Waals surface area contributed by atoms with E-state index in [1.807, 2.05) is 0 Å². The highest BCUT2D eigenvalue weighted by molar-refractivity contribution is 5.96. The van der Waals surface area contributed by atoms with Crippen LogP contribution in [0.25, 0.3) is 10.9 Å². The van der Waals surface area contributed by atoms with Crippen molar-refractivity contribution in [1.82, 2.24) is 20.3 Å². The van der Waals surface area contributed by atoms with E-state index in [2.05, 4.69) is 15.6 Å². The summed E-state index contributed by atoms with van der Waals surface area (Å²) < 4.78 is 19.1. The first kappa shape index (κ1) is 20.1. The van der Waals surface area contributed by atoms with Gasteiger partial charge in [0, 0.05) is 5.56 Å². The molecule has 1 heterocycles. The monoisotopic (exact) mass is 398 g/mol. The Kier molecular flexibility index (Phi) is 5.96. The highest BCUT2D eigenvalue weighted by Crippen LogP contribution is 2.09. The number of ether oxygens (including phenoxy) is 1. The maximum absolute atomic E-state index is 13.0. The molecule has 0 fully saturated rings. The molecule has 3 rings (SSSR count). The van der Waals surface area contributed by atoms with Crippen molar-refractivity contribution >= 4 is 22.8 Å². The van der Waals surface area contributed by atoms with Crippen molar-refractivity contribution in [3.8, 4) is 0 Å². The van der Waals surface area contributed by atoms with Gasteiger partial charge in [0.25, 0.3) is 11.5 Å². The first-order chi connectivity index (χ1) is 13.9. The fourth-order valence-corrected chi connectivity index (χ4v) is 2.65. The van der Waals surface area contributed by atoms with Crippen LogP contribution < -0.4 is 10.9 Å². The van der Waals surface area contributed by atoms with Gasteiger partial charge in [-0.15, -0.1) is 5.10 Å². The number of benzene rings is 2. The van der Waals surface area contributed by atoms with E-state index in [0.29, 0.717) is 10.9 Å². The second-order valence-electron chi connectivity index (χ2n) is 6.71. The van der Waals surface area contributed by atoms with Crippen LogP contribution in [-0.2, 0) is 16.3 Å². The van der Waals surface area contributed by atoms with Crippen LogP contribution in [0, 0.1) is 11.7 Å². The van der Waals surface area contributed by atoms with Gasteiger partial charge < -0.3 is 10.1 Å². The molecule has 2 aromatic carbocycles. The molecule has 8 nitrogen and oxygen atoms in total. The Labute approximate surface area is 165 Å². The van der Waals surface area contributed by atoms with E-state index in [0.717, 1.165) is 16.8 Å². The lowest BCUT2D eigenvalue weighted by atomic mass is 10.0. The predicted molar refractivity (Wildman–Crippen MR) is 102 cm³/mol. The molecule has 1 aromatic heterocycles. The Morgan fingerprint density at radius 1 is 1.14 bits per heavy atom. The number of esters is 1. The number of nitrogens with zero attached hydrogens (tertiary/aromatic N) is 3. The lowest BCUT2D eigenvalue weighted by Crippen LogP contribution is -2.45. The molecule has 1 amide bonds. The number of hydrogen-bond donors (Lipinski definition) is 1. The number of nitrogens with one attached hydrogen (secondary N) is 1. The number of fused-ring (bicyclic) bond motifs is 1. The van der Waals surface area contributed by atoms with Crippen LogP contribution in [0.1, 0.15) is 24.2 Å². The summed E-state index contributed by atoms with van der Waals surface area (Å²) >= 11 is 0. The van der Waals surface area contributed by atoms with Crippen molar-refractivity contribution in [2.45, 2.75) is 26.6 Å². The minimum absolute atomic E-state index is 0.210. The average Bonchev–Trinajstić information content (AvgIpc) is 2.71. The predicted octanol–water partition coefficient (Wildman–Crippen LogP) is 1.89. The molecular weight excluding hydrogens is 379 g/mol. The van der Waals surface area contributed by atoms with Gasteiger partial charge >= 0.3 is 5.97 Å². The Morgan fingerprint density at radius 2 is 1.83 bits per heavy atom. The van der Waals surface area contributed by atoms with E-state index in [9.17, 15) is 18.8 Å². The fraction of sp³-hybridized carbons (Fsp3) is 0.250. The SMILES string of the molecule is CC(C)[C@@H](NC(=O)c1ccc(F)cc1)C(=O)OCn1nnc2ccccc2c1=O. The Morgan fingerprint density at radius 3 is 2.52 bits per heavy atom. The van der Waals surface area contributed by atoms with E-state index in [4.69, 9.17) is 4.74 Å². The second kappa shape index (κ2) is 8.59. The van der Waals surface area contributed by atoms with Crippen LogP contribution in [-0.4, -0.2) is 32.9 Å². The summed E-state index contributed by atoms with van der Waals surface area (Å²) in [7, 11) is 0. The van der Waals surface area contributed by atoms with Gasteiger partial charge in [0.05, 0.1) is 5.39 Å². The number of aromatic nitrogens is 3. The third-order valence-corrected chi connectivity index (χ3v) is 4.27. The number of rotatable bonds is 6. The summed E-state index contributed by atoms with van der Waals surface area (Å²) in [6, 6.07) is 10.7. The van der Waals surface area contributed by atoms with Gasteiger partial charge in [0.1, 0.15) is 17.4 Å². The molecule has 29 heavy (non-hydrogen) atoms. The van der Waals surface area contributed by atoms with Crippen molar-refractivity contribution in [2.75, 3.05) is 0 Å². The van der Waals surface area contributed by atoms with Gasteiger partial charge in [0.2, 0.25) is 0 Å². The first-order valence-corrected chi connectivity index (χ1v) is 8.92. The van der Waals surface area contributed by atoms with Gasteiger partial charge in [-0.25, -0.2) is 9.18 Å². The molecule has 0 aliphatic carbocycles. The van der Waals surface area contributed by atoms with E-state index in [-0.39, 0.29) is 11.5 Å². The van der Waals surface area contributed by atoms with E-state index in [1.165, 1.54) is 12.1 Å². The Bertz CT molecular complexity index is 1100. The average molecular weight is 398 g/mol. The van der Waals surface area contributed by atoms with Crippen LogP contribution in [0.5, 0.6) is 0 Å². The van der Waals surface area contributed by atoms with Crippen LogP contribution in [0.4, 0.5) is 4.39 Å². The lowest BCUT2D eigenvalue weighted by Gasteiger charge is -2.21. The first-order valence-electron chi connectivity index (χ1n) is 8.92. The summed E-state index contributed by atoms with van der Waals surface area (Å²) in [4.78, 5) is 37.2. The minimum Gasteiger partial charge on any atom is -0.441 e. The number of halogens is 1. The highest BCUT2D eigenvalue weighted by Gasteiger charge is 2.26. The summed E-state index contributed by atoms with van der Waals surface area (Å²) in [6.07, 6.45) is 0. The van der Waals surface area contributed by atoms with Crippen molar-refractivity contribution in [1.29, 1.82) is 0 Å². The molecule has 0 unspecified atom stereocenters. The van der Waals surface area contributed by atoms with Crippen LogP contribution in [0.3, 0.4) is 0 Å². The highest BCUT2D eigenvalue weighted by atomic mass is 19.1. The van der Waals surface area contributed by atoms with Crippen LogP contribution in [0.2, 0.25) is 0 Å². The number of carbonyl (C=O) groups excluding carboxylic acids is 2. The van der Waals surface area contributed by atoms with Crippen molar-refractivity contribution in [3.05, 3.63) is 70.3 Å². The van der Waals surface area contributed by atoms with Crippen molar-refractivity contribution in [2.24, 2.45) is 5.92 Å². The van der Waals surface area contributed by atoms with Gasteiger partial charge in [-0.2, -0.15) is 4.68 Å². The third kappa shape index (κ3) is 4.63. The van der Waals surface area contributed by atoms with E-state index >= 15 is 0 Å². The molecule has 0 radical (unpaired) electrons. The smallest absolute Gasteiger partial charge is 0.330 e. The van der Waals surface area contributed by atoms with Gasteiger partial charge in [0.15, 0.2) is 6.73 Å². The van der Waals surface area contributed by atoms with Gasteiger partial charge in [-0.1, -0.05) is 31.2 Å². The van der Waals surface area contributed by atoms with E-state index < -0.39 is 36.0 Å². The summed E-state index contributed by atoms with van der Waals surface area (Å²) in [5, 5.41) is 10.6. The topological polar surface area (TPSA) is 103 Å². The zero-order valence-electron chi connectivity index (χ0n) is 15.8. The maximum Gasteiger partial charge on any atom is 0.330 e.